The molecule has 1 N–H and O–H groups in total. The molecular weight excluding hydrogens is 443 g/mol. The molecule has 2 amide bonds. The topological polar surface area (TPSA) is 49.4 Å². The number of hydrogen-bond donors (Lipinski definition) is 1. The van der Waals surface area contributed by atoms with Crippen LogP contribution in [0.1, 0.15) is 27.8 Å². The smallest absolute Gasteiger partial charge is 0.282 e. The molecule has 0 unspecified atom stereocenters. The van der Waals surface area contributed by atoms with Gasteiger partial charge >= 0.3 is 0 Å². The summed E-state index contributed by atoms with van der Waals surface area (Å²) in [4.78, 5) is 28.3. The molecule has 3 aromatic rings. The third kappa shape index (κ3) is 3.81. The Morgan fingerprint density at radius 3 is 2.16 bits per heavy atom. The van der Waals surface area contributed by atoms with Crippen molar-refractivity contribution in [3.05, 3.63) is 98.2 Å². The standard InChI is InChI=1S/C26H22Cl2N2O2/c1-14-8-10-18(12-16(14)3)23-24(29-22-7-5-6-20(27)17(22)4)26(32)30(25(23)31)19-11-9-15(2)21(28)13-19/h5-13,29H,1-4H3. The highest BCUT2D eigenvalue weighted by molar-refractivity contribution is 6.46. The van der Waals surface area contributed by atoms with E-state index >= 15 is 0 Å². The van der Waals surface area contributed by atoms with Crippen molar-refractivity contribution in [1.29, 1.82) is 0 Å². The Morgan fingerprint density at radius 2 is 1.47 bits per heavy atom. The molecule has 1 heterocycles. The van der Waals surface area contributed by atoms with Crippen LogP contribution in [0.15, 0.2) is 60.3 Å². The second kappa shape index (κ2) is 8.45. The van der Waals surface area contributed by atoms with Crippen LogP contribution in [0.25, 0.3) is 5.57 Å². The lowest BCUT2D eigenvalue weighted by Crippen LogP contribution is -2.32. The Balaban J connectivity index is 1.88. The minimum atomic E-state index is -0.442. The number of halogens is 2. The Labute approximate surface area is 197 Å². The molecule has 0 aromatic heterocycles. The molecule has 3 aromatic carbocycles. The van der Waals surface area contributed by atoms with E-state index in [1.54, 1.807) is 30.3 Å². The van der Waals surface area contributed by atoms with Gasteiger partial charge in [0.15, 0.2) is 0 Å². The van der Waals surface area contributed by atoms with Gasteiger partial charge in [-0.3, -0.25) is 9.59 Å². The van der Waals surface area contributed by atoms with Crippen LogP contribution in [0, 0.1) is 27.7 Å². The molecule has 32 heavy (non-hydrogen) atoms. The number of imide groups is 1. The van der Waals surface area contributed by atoms with Crippen molar-refractivity contribution >= 4 is 52.0 Å². The van der Waals surface area contributed by atoms with E-state index in [2.05, 4.69) is 5.32 Å². The predicted molar refractivity (Wildman–Crippen MR) is 131 cm³/mol. The van der Waals surface area contributed by atoms with Gasteiger partial charge in [0, 0.05) is 15.7 Å². The number of aryl methyl sites for hydroxylation is 3. The maximum absolute atomic E-state index is 13.6. The van der Waals surface area contributed by atoms with E-state index in [1.807, 2.05) is 52.0 Å². The quantitative estimate of drug-likeness (QED) is 0.441. The summed E-state index contributed by atoms with van der Waals surface area (Å²) in [6, 6.07) is 16.3. The van der Waals surface area contributed by atoms with Gasteiger partial charge in [-0.05, 0) is 79.8 Å². The molecule has 0 radical (unpaired) electrons. The summed E-state index contributed by atoms with van der Waals surface area (Å²) in [5, 5.41) is 4.25. The molecule has 0 aliphatic carbocycles. The fourth-order valence-electron chi connectivity index (χ4n) is 3.64. The molecule has 0 atom stereocenters. The fourth-order valence-corrected chi connectivity index (χ4v) is 3.99. The Bertz CT molecular complexity index is 1310. The first-order valence-electron chi connectivity index (χ1n) is 10.2. The van der Waals surface area contributed by atoms with E-state index in [1.165, 1.54) is 0 Å². The number of carbonyl (C=O) groups is 2. The van der Waals surface area contributed by atoms with Gasteiger partial charge in [-0.1, -0.05) is 53.5 Å². The largest absolute Gasteiger partial charge is 0.350 e. The van der Waals surface area contributed by atoms with Gasteiger partial charge in [0.1, 0.15) is 5.70 Å². The predicted octanol–water partition coefficient (Wildman–Crippen LogP) is 6.62. The van der Waals surface area contributed by atoms with Crippen LogP contribution in [0.2, 0.25) is 10.0 Å². The summed E-state index contributed by atoms with van der Waals surface area (Å²) in [5.41, 5.74) is 6.08. The molecule has 4 rings (SSSR count). The molecule has 0 bridgehead atoms. The maximum atomic E-state index is 13.6. The SMILES string of the molecule is Cc1ccc(C2=C(Nc3cccc(Cl)c3C)C(=O)N(c3ccc(C)c(Cl)c3)C2=O)cc1C. The van der Waals surface area contributed by atoms with Gasteiger partial charge in [0.2, 0.25) is 0 Å². The number of anilines is 2. The van der Waals surface area contributed by atoms with Crippen molar-refractivity contribution in [2.75, 3.05) is 10.2 Å². The van der Waals surface area contributed by atoms with Crippen molar-refractivity contribution in [2.45, 2.75) is 27.7 Å². The molecular formula is C26H22Cl2N2O2. The second-order valence-electron chi connectivity index (χ2n) is 7.97. The Hall–Kier alpha value is -3.08. The van der Waals surface area contributed by atoms with Gasteiger partial charge < -0.3 is 5.32 Å². The highest BCUT2D eigenvalue weighted by atomic mass is 35.5. The lowest BCUT2D eigenvalue weighted by atomic mass is 9.99. The summed E-state index contributed by atoms with van der Waals surface area (Å²) in [6.07, 6.45) is 0. The molecule has 0 saturated heterocycles. The zero-order valence-corrected chi connectivity index (χ0v) is 19.7. The number of carbonyl (C=O) groups excluding carboxylic acids is 2. The fraction of sp³-hybridized carbons (Fsp3) is 0.154. The second-order valence-corrected chi connectivity index (χ2v) is 8.78. The first kappa shape index (κ1) is 22.1. The van der Waals surface area contributed by atoms with Crippen LogP contribution in [0.5, 0.6) is 0 Å². The van der Waals surface area contributed by atoms with Crippen LogP contribution in [0.4, 0.5) is 11.4 Å². The van der Waals surface area contributed by atoms with E-state index < -0.39 is 11.8 Å². The minimum Gasteiger partial charge on any atom is -0.350 e. The number of amides is 2. The summed E-state index contributed by atoms with van der Waals surface area (Å²) in [6.45, 7) is 7.71. The summed E-state index contributed by atoms with van der Waals surface area (Å²) >= 11 is 12.6. The molecule has 6 heteroatoms. The van der Waals surface area contributed by atoms with E-state index in [-0.39, 0.29) is 5.70 Å². The maximum Gasteiger partial charge on any atom is 0.282 e. The minimum absolute atomic E-state index is 0.209. The van der Waals surface area contributed by atoms with Crippen LogP contribution < -0.4 is 10.2 Å². The highest BCUT2D eigenvalue weighted by Gasteiger charge is 2.40. The zero-order chi connectivity index (χ0) is 23.2. The highest BCUT2D eigenvalue weighted by Crippen LogP contribution is 2.36. The zero-order valence-electron chi connectivity index (χ0n) is 18.2. The van der Waals surface area contributed by atoms with Crippen LogP contribution >= 0.6 is 23.2 Å². The first-order chi connectivity index (χ1) is 15.2. The average molecular weight is 465 g/mol. The normalized spacial score (nSPS) is 13.9. The Morgan fingerprint density at radius 1 is 0.750 bits per heavy atom. The number of nitrogens with one attached hydrogen (secondary N) is 1. The van der Waals surface area contributed by atoms with E-state index in [4.69, 9.17) is 23.2 Å². The molecule has 1 aliphatic heterocycles. The monoisotopic (exact) mass is 464 g/mol. The molecule has 0 fully saturated rings. The van der Waals surface area contributed by atoms with Gasteiger partial charge in [-0.15, -0.1) is 0 Å². The van der Waals surface area contributed by atoms with E-state index in [0.29, 0.717) is 32.6 Å². The van der Waals surface area contributed by atoms with Crippen LogP contribution in [0.3, 0.4) is 0 Å². The molecule has 0 saturated carbocycles. The number of rotatable bonds is 4. The van der Waals surface area contributed by atoms with Gasteiger partial charge in [0.25, 0.3) is 11.8 Å². The van der Waals surface area contributed by atoms with E-state index in [0.717, 1.165) is 27.2 Å². The van der Waals surface area contributed by atoms with Crippen molar-refractivity contribution in [2.24, 2.45) is 0 Å². The Kier molecular flexibility index (Phi) is 5.85. The van der Waals surface area contributed by atoms with Gasteiger partial charge in [-0.2, -0.15) is 0 Å². The number of nitrogens with zero attached hydrogens (tertiary/aromatic N) is 1. The molecule has 1 aliphatic rings. The molecule has 0 spiro atoms. The average Bonchev–Trinajstić information content (AvgIpc) is 2.99. The van der Waals surface area contributed by atoms with Gasteiger partial charge in [-0.25, -0.2) is 4.90 Å². The third-order valence-electron chi connectivity index (χ3n) is 5.82. The summed E-state index contributed by atoms with van der Waals surface area (Å²) < 4.78 is 0. The van der Waals surface area contributed by atoms with Crippen molar-refractivity contribution in [3.63, 3.8) is 0 Å². The van der Waals surface area contributed by atoms with Crippen molar-refractivity contribution in [1.82, 2.24) is 0 Å². The molecule has 4 nitrogen and oxygen atoms in total. The number of benzene rings is 3. The first-order valence-corrected chi connectivity index (χ1v) is 10.9. The number of hydrogen-bond acceptors (Lipinski definition) is 3. The van der Waals surface area contributed by atoms with Gasteiger partial charge in [0.05, 0.1) is 11.3 Å². The van der Waals surface area contributed by atoms with Crippen LogP contribution in [-0.4, -0.2) is 11.8 Å². The van der Waals surface area contributed by atoms with Crippen molar-refractivity contribution in [3.8, 4) is 0 Å². The summed E-state index contributed by atoms with van der Waals surface area (Å²) in [5.74, 6) is -0.845. The molecule has 162 valence electrons. The third-order valence-corrected chi connectivity index (χ3v) is 6.64. The van der Waals surface area contributed by atoms with E-state index in [9.17, 15) is 9.59 Å². The summed E-state index contributed by atoms with van der Waals surface area (Å²) in [7, 11) is 0. The van der Waals surface area contributed by atoms with Crippen LogP contribution in [-0.2, 0) is 9.59 Å². The lowest BCUT2D eigenvalue weighted by molar-refractivity contribution is -0.120. The lowest BCUT2D eigenvalue weighted by Gasteiger charge is -2.17. The van der Waals surface area contributed by atoms with Crippen molar-refractivity contribution < 1.29 is 9.59 Å².